The highest BCUT2D eigenvalue weighted by atomic mass is 16.1. The average Bonchev–Trinajstić information content (AvgIpc) is 2.86. The average molecular weight is 271 g/mol. The van der Waals surface area contributed by atoms with Crippen LogP contribution < -0.4 is 10.9 Å². The van der Waals surface area contributed by atoms with Crippen molar-refractivity contribution >= 4 is 0 Å². The normalized spacial score (nSPS) is 41.1. The number of hydrogen-bond donors (Lipinski definition) is 2. The lowest BCUT2D eigenvalue weighted by Gasteiger charge is -2.56. The van der Waals surface area contributed by atoms with Gasteiger partial charge in [-0.2, -0.15) is 0 Å². The van der Waals surface area contributed by atoms with Gasteiger partial charge in [0, 0.05) is 18.5 Å². The first-order valence-electron chi connectivity index (χ1n) is 8.05. The third kappa shape index (κ3) is 1.46. The molecule has 4 heteroatoms. The Balaban J connectivity index is 1.63. The van der Waals surface area contributed by atoms with Crippen LogP contribution in [0.3, 0.4) is 0 Å². The van der Waals surface area contributed by atoms with E-state index < -0.39 is 0 Å². The summed E-state index contributed by atoms with van der Waals surface area (Å²) in [4.78, 5) is 20.3. The van der Waals surface area contributed by atoms with Gasteiger partial charge >= 0.3 is 0 Å². The number of aromatic amines is 1. The number of nitrogens with zero attached hydrogens (tertiary/aromatic N) is 1. The van der Waals surface area contributed by atoms with Gasteiger partial charge in [0.1, 0.15) is 5.82 Å². The summed E-state index contributed by atoms with van der Waals surface area (Å²) >= 11 is 0. The van der Waals surface area contributed by atoms with Gasteiger partial charge in [0.25, 0.3) is 5.56 Å². The van der Waals surface area contributed by atoms with Gasteiger partial charge in [-0.15, -0.1) is 0 Å². The summed E-state index contributed by atoms with van der Waals surface area (Å²) in [6.07, 6.45) is 8.05. The molecule has 0 spiro atoms. The number of fused-ring (bicyclic) bond motifs is 1. The second kappa shape index (κ2) is 3.73. The van der Waals surface area contributed by atoms with Gasteiger partial charge in [-0.1, -0.05) is 0 Å². The second-order valence-corrected chi connectivity index (χ2v) is 7.64. The van der Waals surface area contributed by atoms with Crippen molar-refractivity contribution in [1.82, 2.24) is 15.3 Å². The standard InChI is InChI=1S/C16H21N3O/c20-14-12-7-17-8-13(12)18-15(19-14)16-4-9-1-10(5-16)3-11(2-9)6-16/h9-11,17H,1-8H2,(H,18,19,20). The Morgan fingerprint density at radius 2 is 1.65 bits per heavy atom. The molecule has 4 nitrogen and oxygen atoms in total. The van der Waals surface area contributed by atoms with Gasteiger partial charge in [0.05, 0.1) is 11.3 Å². The summed E-state index contributed by atoms with van der Waals surface area (Å²) in [5.41, 5.74) is 2.16. The quantitative estimate of drug-likeness (QED) is 0.819. The Morgan fingerprint density at radius 1 is 1.00 bits per heavy atom. The van der Waals surface area contributed by atoms with Crippen LogP contribution in [0, 0.1) is 17.8 Å². The number of aromatic nitrogens is 2. The van der Waals surface area contributed by atoms with Crippen molar-refractivity contribution in [3.63, 3.8) is 0 Å². The van der Waals surface area contributed by atoms with Crippen molar-refractivity contribution in [2.75, 3.05) is 0 Å². The van der Waals surface area contributed by atoms with E-state index in [0.29, 0.717) is 6.54 Å². The summed E-state index contributed by atoms with van der Waals surface area (Å²) in [7, 11) is 0. The lowest BCUT2D eigenvalue weighted by Crippen LogP contribution is -2.50. The molecule has 0 aromatic carbocycles. The van der Waals surface area contributed by atoms with Crippen LogP contribution in [0.25, 0.3) is 0 Å². The van der Waals surface area contributed by atoms with Crippen molar-refractivity contribution in [2.24, 2.45) is 17.8 Å². The van der Waals surface area contributed by atoms with Gasteiger partial charge in [-0.25, -0.2) is 4.98 Å². The molecule has 4 bridgehead atoms. The predicted octanol–water partition coefficient (Wildman–Crippen LogP) is 1.84. The highest BCUT2D eigenvalue weighted by Crippen LogP contribution is 2.60. The predicted molar refractivity (Wildman–Crippen MR) is 75.3 cm³/mol. The van der Waals surface area contributed by atoms with Crippen LogP contribution in [0.15, 0.2) is 4.79 Å². The van der Waals surface area contributed by atoms with Gasteiger partial charge in [-0.05, 0) is 56.3 Å². The molecule has 2 N–H and O–H groups in total. The molecule has 0 radical (unpaired) electrons. The van der Waals surface area contributed by atoms with Gasteiger partial charge in [0.2, 0.25) is 0 Å². The summed E-state index contributed by atoms with van der Waals surface area (Å²) in [6.45, 7) is 1.44. The first-order valence-corrected chi connectivity index (χ1v) is 8.05. The van der Waals surface area contributed by atoms with Crippen LogP contribution in [0.1, 0.15) is 55.6 Å². The van der Waals surface area contributed by atoms with Crippen LogP contribution in [0.5, 0.6) is 0 Å². The first kappa shape index (κ1) is 11.5. The molecule has 1 aromatic rings. The van der Waals surface area contributed by atoms with Crippen molar-refractivity contribution in [3.05, 3.63) is 27.4 Å². The Morgan fingerprint density at radius 3 is 2.30 bits per heavy atom. The molecule has 1 aliphatic heterocycles. The molecule has 2 heterocycles. The molecule has 106 valence electrons. The molecule has 4 aliphatic carbocycles. The SMILES string of the molecule is O=c1[nH]c(C23CC4CC(CC(C4)C2)C3)nc2c1CNC2. The molecule has 4 saturated carbocycles. The van der Waals surface area contributed by atoms with Gasteiger partial charge in [-0.3, -0.25) is 4.79 Å². The highest BCUT2D eigenvalue weighted by molar-refractivity contribution is 5.26. The second-order valence-electron chi connectivity index (χ2n) is 7.64. The topological polar surface area (TPSA) is 57.8 Å². The van der Waals surface area contributed by atoms with E-state index in [1.165, 1.54) is 38.5 Å². The third-order valence-electron chi connectivity index (χ3n) is 6.24. The van der Waals surface area contributed by atoms with Gasteiger partial charge < -0.3 is 10.3 Å². The lowest BCUT2D eigenvalue weighted by molar-refractivity contribution is -0.00960. The van der Waals surface area contributed by atoms with Gasteiger partial charge in [0.15, 0.2) is 0 Å². The molecule has 0 saturated heterocycles. The fourth-order valence-electron chi connectivity index (χ4n) is 5.83. The molecular formula is C16H21N3O. The fourth-order valence-corrected chi connectivity index (χ4v) is 5.83. The van der Waals surface area contributed by atoms with Crippen molar-refractivity contribution < 1.29 is 0 Å². The number of rotatable bonds is 1. The summed E-state index contributed by atoms with van der Waals surface area (Å²) in [6, 6.07) is 0. The first-order chi connectivity index (χ1) is 9.72. The van der Waals surface area contributed by atoms with E-state index in [0.717, 1.165) is 41.4 Å². The maximum absolute atomic E-state index is 12.3. The zero-order valence-corrected chi connectivity index (χ0v) is 11.7. The molecule has 0 unspecified atom stereocenters. The number of nitrogens with one attached hydrogen (secondary N) is 2. The van der Waals surface area contributed by atoms with Crippen LogP contribution >= 0.6 is 0 Å². The maximum Gasteiger partial charge on any atom is 0.255 e. The van der Waals surface area contributed by atoms with E-state index in [4.69, 9.17) is 4.98 Å². The van der Waals surface area contributed by atoms with Crippen LogP contribution in [0.4, 0.5) is 0 Å². The van der Waals surface area contributed by atoms with E-state index in [2.05, 4.69) is 10.3 Å². The van der Waals surface area contributed by atoms with E-state index >= 15 is 0 Å². The molecule has 4 fully saturated rings. The molecular weight excluding hydrogens is 250 g/mol. The Hall–Kier alpha value is -1.16. The minimum absolute atomic E-state index is 0.103. The molecule has 6 rings (SSSR count). The zero-order valence-electron chi connectivity index (χ0n) is 11.7. The fraction of sp³-hybridized carbons (Fsp3) is 0.750. The number of H-pyrrole nitrogens is 1. The maximum atomic E-state index is 12.3. The minimum atomic E-state index is 0.103. The summed E-state index contributed by atoms with van der Waals surface area (Å²) < 4.78 is 0. The van der Waals surface area contributed by atoms with Crippen LogP contribution in [-0.2, 0) is 18.5 Å². The Kier molecular flexibility index (Phi) is 2.14. The third-order valence-corrected chi connectivity index (χ3v) is 6.24. The van der Waals surface area contributed by atoms with Crippen LogP contribution in [0.2, 0.25) is 0 Å². The smallest absolute Gasteiger partial charge is 0.255 e. The van der Waals surface area contributed by atoms with Crippen molar-refractivity contribution in [2.45, 2.75) is 57.0 Å². The van der Waals surface area contributed by atoms with Crippen molar-refractivity contribution in [1.29, 1.82) is 0 Å². The van der Waals surface area contributed by atoms with Crippen molar-refractivity contribution in [3.8, 4) is 0 Å². The number of hydrogen-bond acceptors (Lipinski definition) is 3. The molecule has 5 aliphatic rings. The lowest BCUT2D eigenvalue weighted by atomic mass is 9.49. The monoisotopic (exact) mass is 271 g/mol. The summed E-state index contributed by atoms with van der Waals surface area (Å²) in [5.74, 6) is 3.68. The van der Waals surface area contributed by atoms with Crippen LogP contribution in [-0.4, -0.2) is 9.97 Å². The van der Waals surface area contributed by atoms with E-state index in [-0.39, 0.29) is 11.0 Å². The summed E-state index contributed by atoms with van der Waals surface area (Å²) in [5, 5.41) is 3.25. The zero-order chi connectivity index (χ0) is 13.3. The van der Waals surface area contributed by atoms with E-state index in [1.54, 1.807) is 0 Å². The Labute approximate surface area is 118 Å². The largest absolute Gasteiger partial charge is 0.310 e. The Bertz CT molecular complexity index is 598. The molecule has 0 amide bonds. The molecule has 1 aromatic heterocycles. The highest BCUT2D eigenvalue weighted by Gasteiger charge is 2.53. The van der Waals surface area contributed by atoms with E-state index in [1.807, 2.05) is 0 Å². The molecule has 20 heavy (non-hydrogen) atoms. The minimum Gasteiger partial charge on any atom is -0.310 e. The molecule has 0 atom stereocenters. The van der Waals surface area contributed by atoms with E-state index in [9.17, 15) is 4.79 Å².